The third kappa shape index (κ3) is 5.47. The van der Waals surface area contributed by atoms with Gasteiger partial charge in [0, 0.05) is 48.2 Å². The summed E-state index contributed by atoms with van der Waals surface area (Å²) in [7, 11) is 0. The Morgan fingerprint density at radius 3 is 2.72 bits per heavy atom. The van der Waals surface area contributed by atoms with Gasteiger partial charge in [-0.05, 0) is 31.2 Å². The van der Waals surface area contributed by atoms with Gasteiger partial charge in [0.15, 0.2) is 0 Å². The third-order valence-corrected chi connectivity index (χ3v) is 4.34. The van der Waals surface area contributed by atoms with E-state index in [1.165, 1.54) is 12.1 Å². The number of nitrogens with one attached hydrogen (secondary N) is 2. The first-order valence-electron chi connectivity index (χ1n) is 9.04. The highest BCUT2D eigenvalue weighted by Crippen LogP contribution is 2.19. The molecule has 0 aliphatic rings. The fourth-order valence-electron chi connectivity index (χ4n) is 2.82. The number of hydrogen-bond donors (Lipinski definition) is 2. The lowest BCUT2D eigenvalue weighted by Gasteiger charge is -2.15. The first-order chi connectivity index (χ1) is 13.9. The molecule has 1 atom stereocenters. The predicted octanol–water partition coefficient (Wildman–Crippen LogP) is 3.68. The highest BCUT2D eigenvalue weighted by Gasteiger charge is 2.16. The lowest BCUT2D eigenvalue weighted by Crippen LogP contribution is -2.27. The van der Waals surface area contributed by atoms with Crippen molar-refractivity contribution in [1.29, 1.82) is 0 Å². The first-order valence-corrected chi connectivity index (χ1v) is 9.04. The van der Waals surface area contributed by atoms with Crippen LogP contribution in [-0.4, -0.2) is 21.4 Å². The summed E-state index contributed by atoms with van der Waals surface area (Å²) in [6.07, 6.45) is 5.29. The molecule has 3 rings (SSSR count). The molecule has 2 aromatic carbocycles. The van der Waals surface area contributed by atoms with Crippen LogP contribution in [0.2, 0.25) is 0 Å². The Morgan fingerprint density at radius 2 is 2.00 bits per heavy atom. The number of carbonyl (C=O) groups excluding carboxylic acids is 2. The van der Waals surface area contributed by atoms with Gasteiger partial charge in [0.25, 0.3) is 5.91 Å². The fraction of sp³-hybridized carbons (Fsp3) is 0.190. The molecule has 2 amide bonds. The molecule has 0 saturated carbocycles. The summed E-state index contributed by atoms with van der Waals surface area (Å²) in [6, 6.07) is 9.00. The normalized spacial score (nSPS) is 11.7. The zero-order valence-corrected chi connectivity index (χ0v) is 15.7. The van der Waals surface area contributed by atoms with Gasteiger partial charge in [-0.25, -0.2) is 13.8 Å². The van der Waals surface area contributed by atoms with Crippen molar-refractivity contribution in [2.75, 3.05) is 5.32 Å². The topological polar surface area (TPSA) is 76.0 Å². The van der Waals surface area contributed by atoms with Gasteiger partial charge < -0.3 is 15.2 Å². The minimum atomic E-state index is -0.725. The second-order valence-corrected chi connectivity index (χ2v) is 6.54. The molecule has 1 heterocycles. The molecule has 2 N–H and O–H groups in total. The first kappa shape index (κ1) is 20.2. The zero-order chi connectivity index (χ0) is 20.8. The molecule has 1 aromatic heterocycles. The summed E-state index contributed by atoms with van der Waals surface area (Å²) in [5.74, 6) is -2.04. The Balaban J connectivity index is 1.60. The fourth-order valence-corrected chi connectivity index (χ4v) is 2.82. The molecular formula is C21H20F2N4O2. The van der Waals surface area contributed by atoms with Gasteiger partial charge >= 0.3 is 0 Å². The number of halogens is 2. The van der Waals surface area contributed by atoms with E-state index in [0.29, 0.717) is 17.8 Å². The molecule has 0 fully saturated rings. The van der Waals surface area contributed by atoms with Crippen molar-refractivity contribution >= 4 is 17.5 Å². The Bertz CT molecular complexity index is 1010. The number of aromatic nitrogens is 2. The van der Waals surface area contributed by atoms with Crippen molar-refractivity contribution in [2.45, 2.75) is 25.9 Å². The van der Waals surface area contributed by atoms with E-state index in [1.54, 1.807) is 48.4 Å². The van der Waals surface area contributed by atoms with Crippen molar-refractivity contribution < 1.29 is 18.4 Å². The third-order valence-electron chi connectivity index (χ3n) is 4.34. The summed E-state index contributed by atoms with van der Waals surface area (Å²) < 4.78 is 28.7. The van der Waals surface area contributed by atoms with Crippen molar-refractivity contribution in [3.8, 4) is 0 Å². The van der Waals surface area contributed by atoms with Gasteiger partial charge in [0.05, 0.1) is 12.4 Å². The van der Waals surface area contributed by atoms with Gasteiger partial charge in [-0.15, -0.1) is 0 Å². The van der Waals surface area contributed by atoms with Crippen LogP contribution in [0, 0.1) is 11.6 Å². The Morgan fingerprint density at radius 1 is 1.17 bits per heavy atom. The molecule has 0 aliphatic carbocycles. The Labute approximate surface area is 166 Å². The van der Waals surface area contributed by atoms with Crippen LogP contribution in [0.1, 0.15) is 35.3 Å². The van der Waals surface area contributed by atoms with Crippen LogP contribution in [0.3, 0.4) is 0 Å². The number of rotatable bonds is 7. The smallest absolute Gasteiger partial charge is 0.251 e. The lowest BCUT2D eigenvalue weighted by molar-refractivity contribution is -0.116. The lowest BCUT2D eigenvalue weighted by atomic mass is 10.1. The van der Waals surface area contributed by atoms with Crippen LogP contribution in [-0.2, 0) is 11.3 Å². The van der Waals surface area contributed by atoms with Crippen LogP contribution in [0.5, 0.6) is 0 Å². The van der Waals surface area contributed by atoms with E-state index < -0.39 is 23.6 Å². The minimum absolute atomic E-state index is 0.184. The summed E-state index contributed by atoms with van der Waals surface area (Å²) in [4.78, 5) is 28.5. The zero-order valence-electron chi connectivity index (χ0n) is 15.7. The van der Waals surface area contributed by atoms with Crippen LogP contribution in [0.25, 0.3) is 0 Å². The standard InChI is InChI=1S/C21H20F2N4O2/c1-14(18-6-5-16(22)12-19(18)23)25-21(29)15-3-2-4-17(11-15)26-20(28)7-9-27-10-8-24-13-27/h2-6,8,10-14H,7,9H2,1H3,(H,25,29)(H,26,28). The van der Waals surface area contributed by atoms with Crippen molar-refractivity contribution in [2.24, 2.45) is 0 Å². The van der Waals surface area contributed by atoms with Gasteiger partial charge in [0.2, 0.25) is 5.91 Å². The summed E-state index contributed by atoms with van der Waals surface area (Å²) >= 11 is 0. The summed E-state index contributed by atoms with van der Waals surface area (Å²) in [5, 5.41) is 5.42. The predicted molar refractivity (Wildman–Crippen MR) is 104 cm³/mol. The molecule has 6 nitrogen and oxygen atoms in total. The van der Waals surface area contributed by atoms with E-state index in [-0.39, 0.29) is 17.9 Å². The molecule has 29 heavy (non-hydrogen) atoms. The van der Waals surface area contributed by atoms with E-state index in [2.05, 4.69) is 15.6 Å². The van der Waals surface area contributed by atoms with E-state index in [4.69, 9.17) is 0 Å². The van der Waals surface area contributed by atoms with Crippen LogP contribution in [0.4, 0.5) is 14.5 Å². The van der Waals surface area contributed by atoms with Crippen LogP contribution in [0.15, 0.2) is 61.2 Å². The van der Waals surface area contributed by atoms with E-state index in [9.17, 15) is 18.4 Å². The maximum atomic E-state index is 13.9. The molecule has 0 radical (unpaired) electrons. The second kappa shape index (κ2) is 9.09. The second-order valence-electron chi connectivity index (χ2n) is 6.54. The number of carbonyl (C=O) groups is 2. The Kier molecular flexibility index (Phi) is 6.33. The monoisotopic (exact) mass is 398 g/mol. The molecule has 0 spiro atoms. The molecule has 3 aromatic rings. The number of hydrogen-bond acceptors (Lipinski definition) is 3. The highest BCUT2D eigenvalue weighted by atomic mass is 19.1. The molecular weight excluding hydrogens is 378 g/mol. The minimum Gasteiger partial charge on any atom is -0.345 e. The van der Waals surface area contributed by atoms with Crippen LogP contribution < -0.4 is 10.6 Å². The van der Waals surface area contributed by atoms with Gasteiger partial charge in [0.1, 0.15) is 11.6 Å². The number of nitrogens with zero attached hydrogens (tertiary/aromatic N) is 2. The van der Waals surface area contributed by atoms with E-state index in [0.717, 1.165) is 12.1 Å². The number of imidazole rings is 1. The largest absolute Gasteiger partial charge is 0.345 e. The number of anilines is 1. The highest BCUT2D eigenvalue weighted by molar-refractivity contribution is 5.97. The average molecular weight is 398 g/mol. The average Bonchev–Trinajstić information content (AvgIpc) is 3.20. The molecule has 0 bridgehead atoms. The van der Waals surface area contributed by atoms with Crippen molar-refractivity contribution in [3.63, 3.8) is 0 Å². The maximum Gasteiger partial charge on any atom is 0.251 e. The summed E-state index contributed by atoms with van der Waals surface area (Å²) in [5.41, 5.74) is 0.976. The number of benzene rings is 2. The SMILES string of the molecule is CC(NC(=O)c1cccc(NC(=O)CCn2ccnc2)c1)c1ccc(F)cc1F. The maximum absolute atomic E-state index is 13.9. The van der Waals surface area contributed by atoms with Gasteiger partial charge in [-0.3, -0.25) is 9.59 Å². The van der Waals surface area contributed by atoms with Gasteiger partial charge in [-0.2, -0.15) is 0 Å². The van der Waals surface area contributed by atoms with Gasteiger partial charge in [-0.1, -0.05) is 12.1 Å². The molecule has 1 unspecified atom stereocenters. The summed E-state index contributed by atoms with van der Waals surface area (Å²) in [6.45, 7) is 2.10. The molecule has 0 aliphatic heterocycles. The van der Waals surface area contributed by atoms with Crippen LogP contribution >= 0.6 is 0 Å². The van der Waals surface area contributed by atoms with Crippen molar-refractivity contribution in [1.82, 2.24) is 14.9 Å². The van der Waals surface area contributed by atoms with Crippen molar-refractivity contribution in [3.05, 3.63) is 83.9 Å². The molecule has 150 valence electrons. The molecule has 0 saturated heterocycles. The van der Waals surface area contributed by atoms with E-state index in [1.807, 2.05) is 0 Å². The van der Waals surface area contributed by atoms with E-state index >= 15 is 0 Å². The number of amides is 2. The number of aryl methyl sites for hydroxylation is 1. The Hall–Kier alpha value is -3.55. The quantitative estimate of drug-likeness (QED) is 0.638. The molecule has 8 heteroatoms.